The Hall–Kier alpha value is -0.260. The van der Waals surface area contributed by atoms with E-state index in [1.165, 1.54) is 0 Å². The molecule has 0 aromatic carbocycles. The second kappa shape index (κ2) is 6.45. The molecule has 0 rings (SSSR count). The van der Waals surface area contributed by atoms with Gasteiger partial charge in [-0.2, -0.15) is 12.6 Å². The van der Waals surface area contributed by atoms with Crippen molar-refractivity contribution < 1.29 is 4.79 Å². The molecule has 1 atom stereocenters. The van der Waals surface area contributed by atoms with Gasteiger partial charge in [0.15, 0.2) is 0 Å². The minimum absolute atomic E-state index is 0.149. The van der Waals surface area contributed by atoms with Crippen molar-refractivity contribution in [2.45, 2.75) is 12.5 Å². The van der Waals surface area contributed by atoms with Gasteiger partial charge in [-0.3, -0.25) is 4.79 Å². The molecule has 4 nitrogen and oxygen atoms in total. The molecule has 0 radical (unpaired) electrons. The number of hydrogen-bond acceptors (Lipinski definition) is 4. The van der Waals surface area contributed by atoms with Crippen LogP contribution in [0.2, 0.25) is 0 Å². The maximum absolute atomic E-state index is 11.0. The lowest BCUT2D eigenvalue weighted by Gasteiger charge is -2.09. The lowest BCUT2D eigenvalue weighted by Crippen LogP contribution is -2.42. The van der Waals surface area contributed by atoms with Crippen LogP contribution in [0.3, 0.4) is 0 Å². The van der Waals surface area contributed by atoms with E-state index >= 15 is 0 Å². The summed E-state index contributed by atoms with van der Waals surface area (Å²) in [4.78, 5) is 11.0. The number of amides is 1. The Morgan fingerprint density at radius 3 is 2.73 bits per heavy atom. The van der Waals surface area contributed by atoms with Crippen LogP contribution in [0.5, 0.6) is 0 Å². The lowest BCUT2D eigenvalue weighted by molar-refractivity contribution is -0.122. The van der Waals surface area contributed by atoms with Crippen molar-refractivity contribution in [3.05, 3.63) is 0 Å². The average molecular weight is 177 g/mol. The third-order valence-electron chi connectivity index (χ3n) is 1.22. The maximum atomic E-state index is 11.0. The van der Waals surface area contributed by atoms with Crippen LogP contribution in [0.4, 0.5) is 0 Å². The molecule has 0 aliphatic heterocycles. The highest BCUT2D eigenvalue weighted by Crippen LogP contribution is 1.89. The summed E-state index contributed by atoms with van der Waals surface area (Å²) in [6, 6.07) is -0.445. The van der Waals surface area contributed by atoms with Gasteiger partial charge in [0.25, 0.3) is 0 Å². The summed E-state index contributed by atoms with van der Waals surface area (Å²) < 4.78 is 0. The summed E-state index contributed by atoms with van der Waals surface area (Å²) in [7, 11) is 0. The average Bonchev–Trinajstić information content (AvgIpc) is 2.00. The highest BCUT2D eigenvalue weighted by molar-refractivity contribution is 7.80. The predicted molar refractivity (Wildman–Crippen MR) is 48.5 cm³/mol. The number of carbonyl (C=O) groups excluding carboxylic acids is 1. The van der Waals surface area contributed by atoms with Gasteiger partial charge in [-0.05, 0) is 12.2 Å². The van der Waals surface area contributed by atoms with E-state index in [9.17, 15) is 4.79 Å². The Bertz CT molecular complexity index is 120. The normalized spacial score (nSPS) is 12.6. The smallest absolute Gasteiger partial charge is 0.236 e. The molecular formula is C6H15N3OS. The van der Waals surface area contributed by atoms with Gasteiger partial charge in [0.2, 0.25) is 5.91 Å². The van der Waals surface area contributed by atoms with Gasteiger partial charge in [-0.25, -0.2) is 0 Å². The van der Waals surface area contributed by atoms with Crippen LogP contribution < -0.4 is 16.8 Å². The molecule has 0 saturated carbocycles. The lowest BCUT2D eigenvalue weighted by atomic mass is 10.2. The van der Waals surface area contributed by atoms with Crippen molar-refractivity contribution >= 4 is 18.5 Å². The van der Waals surface area contributed by atoms with E-state index in [2.05, 4.69) is 17.9 Å². The molecule has 1 amide bonds. The van der Waals surface area contributed by atoms with E-state index in [1.54, 1.807) is 0 Å². The van der Waals surface area contributed by atoms with Crippen LogP contribution in [-0.4, -0.2) is 30.8 Å². The summed E-state index contributed by atoms with van der Waals surface area (Å²) in [5.74, 6) is 0.474. The van der Waals surface area contributed by atoms with Crippen LogP contribution >= 0.6 is 12.6 Å². The monoisotopic (exact) mass is 177 g/mol. The zero-order valence-corrected chi connectivity index (χ0v) is 7.31. The van der Waals surface area contributed by atoms with Crippen LogP contribution in [-0.2, 0) is 4.79 Å². The summed E-state index contributed by atoms with van der Waals surface area (Å²) in [6.45, 7) is 0.929. The second-order valence-electron chi connectivity index (χ2n) is 2.20. The molecule has 0 bridgehead atoms. The molecule has 0 aromatic rings. The minimum atomic E-state index is -0.445. The van der Waals surface area contributed by atoms with Crippen LogP contribution in [0, 0.1) is 0 Å². The molecule has 0 aromatic heterocycles. The van der Waals surface area contributed by atoms with E-state index in [-0.39, 0.29) is 5.91 Å². The molecule has 5 heteroatoms. The SMILES string of the molecule is NCCNC(=O)[C@@H](N)CCS. The van der Waals surface area contributed by atoms with Crippen molar-refractivity contribution in [2.24, 2.45) is 11.5 Å². The summed E-state index contributed by atoms with van der Waals surface area (Å²) in [5, 5.41) is 2.59. The summed E-state index contributed by atoms with van der Waals surface area (Å²) >= 11 is 3.96. The number of nitrogens with one attached hydrogen (secondary N) is 1. The number of nitrogens with two attached hydrogens (primary N) is 2. The van der Waals surface area contributed by atoms with Crippen molar-refractivity contribution in [1.29, 1.82) is 0 Å². The Balaban J connectivity index is 3.47. The first-order chi connectivity index (χ1) is 5.22. The molecule has 0 aliphatic carbocycles. The molecule has 0 aliphatic rings. The van der Waals surface area contributed by atoms with Crippen molar-refractivity contribution in [1.82, 2.24) is 5.32 Å². The van der Waals surface area contributed by atoms with E-state index < -0.39 is 6.04 Å². The van der Waals surface area contributed by atoms with Gasteiger partial charge in [0, 0.05) is 13.1 Å². The topological polar surface area (TPSA) is 81.1 Å². The first-order valence-corrected chi connectivity index (χ1v) is 4.19. The Morgan fingerprint density at radius 1 is 1.64 bits per heavy atom. The van der Waals surface area contributed by atoms with E-state index in [1.807, 2.05) is 0 Å². The van der Waals surface area contributed by atoms with Gasteiger partial charge < -0.3 is 16.8 Å². The van der Waals surface area contributed by atoms with Crippen LogP contribution in [0.25, 0.3) is 0 Å². The van der Waals surface area contributed by atoms with E-state index in [4.69, 9.17) is 11.5 Å². The zero-order valence-electron chi connectivity index (χ0n) is 6.42. The molecule has 66 valence electrons. The number of hydrogen-bond donors (Lipinski definition) is 4. The standard InChI is InChI=1S/C6H15N3OS/c7-2-3-9-6(10)5(8)1-4-11/h5,11H,1-4,7-8H2,(H,9,10)/t5-/m0/s1. The maximum Gasteiger partial charge on any atom is 0.236 e. The Labute approximate surface area is 72.1 Å². The zero-order chi connectivity index (χ0) is 8.69. The largest absolute Gasteiger partial charge is 0.353 e. The molecule has 0 saturated heterocycles. The third kappa shape index (κ3) is 5.06. The summed E-state index contributed by atoms with van der Waals surface area (Å²) in [6.07, 6.45) is 0.597. The van der Waals surface area contributed by atoms with E-state index in [0.29, 0.717) is 25.3 Å². The minimum Gasteiger partial charge on any atom is -0.353 e. The van der Waals surface area contributed by atoms with Crippen molar-refractivity contribution in [2.75, 3.05) is 18.8 Å². The fourth-order valence-corrected chi connectivity index (χ4v) is 0.875. The quantitative estimate of drug-likeness (QED) is 0.394. The summed E-state index contributed by atoms with van der Waals surface area (Å²) in [5.41, 5.74) is 10.6. The number of carbonyl (C=O) groups is 1. The van der Waals surface area contributed by atoms with Crippen LogP contribution in [0.15, 0.2) is 0 Å². The Kier molecular flexibility index (Phi) is 6.30. The fraction of sp³-hybridized carbons (Fsp3) is 0.833. The molecular weight excluding hydrogens is 162 g/mol. The molecule has 11 heavy (non-hydrogen) atoms. The van der Waals surface area contributed by atoms with Gasteiger partial charge in [0.1, 0.15) is 0 Å². The Morgan fingerprint density at radius 2 is 2.27 bits per heavy atom. The second-order valence-corrected chi connectivity index (χ2v) is 2.65. The molecule has 0 heterocycles. The van der Waals surface area contributed by atoms with E-state index in [0.717, 1.165) is 0 Å². The van der Waals surface area contributed by atoms with Gasteiger partial charge >= 0.3 is 0 Å². The predicted octanol–water partition coefficient (Wildman–Crippen LogP) is -1.29. The molecule has 0 unspecified atom stereocenters. The van der Waals surface area contributed by atoms with Crippen LogP contribution in [0.1, 0.15) is 6.42 Å². The first-order valence-electron chi connectivity index (χ1n) is 3.56. The highest BCUT2D eigenvalue weighted by atomic mass is 32.1. The first kappa shape index (κ1) is 10.7. The highest BCUT2D eigenvalue weighted by Gasteiger charge is 2.10. The van der Waals surface area contributed by atoms with Crippen molar-refractivity contribution in [3.63, 3.8) is 0 Å². The number of rotatable bonds is 5. The van der Waals surface area contributed by atoms with Gasteiger partial charge in [-0.15, -0.1) is 0 Å². The third-order valence-corrected chi connectivity index (χ3v) is 1.48. The molecule has 0 fully saturated rings. The van der Waals surface area contributed by atoms with Gasteiger partial charge in [-0.1, -0.05) is 0 Å². The molecule has 0 spiro atoms. The molecule has 5 N–H and O–H groups in total. The van der Waals surface area contributed by atoms with Crippen molar-refractivity contribution in [3.8, 4) is 0 Å². The fourth-order valence-electron chi connectivity index (χ4n) is 0.597. The number of thiol groups is 1. The van der Waals surface area contributed by atoms with Gasteiger partial charge in [0.05, 0.1) is 6.04 Å².